The molecular weight excluding hydrogens is 216 g/mol. The third kappa shape index (κ3) is 2.38. The van der Waals surface area contributed by atoms with Crippen LogP contribution in [0.5, 0.6) is 0 Å². The van der Waals surface area contributed by atoms with E-state index in [1.54, 1.807) is 12.4 Å². The summed E-state index contributed by atoms with van der Waals surface area (Å²) in [4.78, 5) is 0. The summed E-state index contributed by atoms with van der Waals surface area (Å²) in [6.45, 7) is 0. The maximum absolute atomic E-state index is 11.2. The first-order valence-electron chi connectivity index (χ1n) is 4.96. The zero-order valence-corrected chi connectivity index (χ0v) is 9.07. The summed E-state index contributed by atoms with van der Waals surface area (Å²) in [5.74, 6) is 0.408. The zero-order chi connectivity index (χ0) is 10.9. The van der Waals surface area contributed by atoms with Gasteiger partial charge in [0.1, 0.15) is 9.84 Å². The van der Waals surface area contributed by atoms with Crippen LogP contribution in [-0.2, 0) is 9.84 Å². The van der Waals surface area contributed by atoms with Crippen molar-refractivity contribution < 1.29 is 13.5 Å². The Balaban J connectivity index is 2.02. The number of aliphatic hydroxyl groups is 1. The first kappa shape index (κ1) is 10.6. The van der Waals surface area contributed by atoms with Crippen molar-refractivity contribution in [3.63, 3.8) is 0 Å². The Morgan fingerprint density at radius 3 is 2.67 bits per heavy atom. The summed E-state index contributed by atoms with van der Waals surface area (Å²) in [5, 5.41) is 16.4. The number of hydrogen-bond acceptors (Lipinski definition) is 4. The average Bonchev–Trinajstić information content (AvgIpc) is 2.69. The Morgan fingerprint density at radius 2 is 2.13 bits per heavy atom. The molecule has 0 spiro atoms. The maximum atomic E-state index is 11.2. The van der Waals surface area contributed by atoms with Gasteiger partial charge >= 0.3 is 0 Å². The van der Waals surface area contributed by atoms with Crippen molar-refractivity contribution in [3.8, 4) is 0 Å². The Hall–Kier alpha value is -0.880. The van der Waals surface area contributed by atoms with Crippen molar-refractivity contribution in [2.24, 2.45) is 5.92 Å². The van der Waals surface area contributed by atoms with E-state index in [-0.39, 0.29) is 17.4 Å². The SMILES string of the molecule is O=S1(=O)CCC(C(O)c2cn[nH]c2)CC1. The predicted octanol–water partition coefficient (Wildman–Crippen LogP) is 0.268. The van der Waals surface area contributed by atoms with E-state index >= 15 is 0 Å². The van der Waals surface area contributed by atoms with Gasteiger partial charge in [-0.3, -0.25) is 5.10 Å². The molecular formula is C9H14N2O3S. The van der Waals surface area contributed by atoms with Crippen LogP contribution in [-0.4, -0.2) is 35.2 Å². The molecule has 2 rings (SSSR count). The molecule has 1 aromatic heterocycles. The van der Waals surface area contributed by atoms with Gasteiger partial charge in [-0.05, 0) is 18.8 Å². The van der Waals surface area contributed by atoms with E-state index in [0.29, 0.717) is 12.8 Å². The van der Waals surface area contributed by atoms with Crippen molar-refractivity contribution in [2.75, 3.05) is 11.5 Å². The minimum atomic E-state index is -2.85. The summed E-state index contributed by atoms with van der Waals surface area (Å²) in [6.07, 6.45) is 3.70. The van der Waals surface area contributed by atoms with Gasteiger partial charge in [0.15, 0.2) is 0 Å². The molecule has 2 heterocycles. The molecule has 1 aliphatic rings. The highest BCUT2D eigenvalue weighted by Gasteiger charge is 2.29. The van der Waals surface area contributed by atoms with Gasteiger partial charge in [-0.25, -0.2) is 8.42 Å². The second-order valence-electron chi connectivity index (χ2n) is 3.97. The fourth-order valence-corrected chi connectivity index (χ4v) is 3.45. The number of aliphatic hydroxyl groups excluding tert-OH is 1. The Kier molecular flexibility index (Phi) is 2.79. The maximum Gasteiger partial charge on any atom is 0.150 e. The van der Waals surface area contributed by atoms with Crippen molar-refractivity contribution in [1.82, 2.24) is 10.2 Å². The average molecular weight is 230 g/mol. The Bertz CT molecular complexity index is 399. The third-order valence-electron chi connectivity index (χ3n) is 2.91. The summed E-state index contributed by atoms with van der Waals surface area (Å²) in [5.41, 5.74) is 0.735. The van der Waals surface area contributed by atoms with Crippen LogP contribution < -0.4 is 0 Å². The smallest absolute Gasteiger partial charge is 0.150 e. The van der Waals surface area contributed by atoms with Crippen LogP contribution in [0, 0.1) is 5.92 Å². The largest absolute Gasteiger partial charge is 0.388 e. The first-order chi connectivity index (χ1) is 7.08. The van der Waals surface area contributed by atoms with Gasteiger partial charge in [-0.1, -0.05) is 0 Å². The van der Waals surface area contributed by atoms with Gasteiger partial charge in [-0.2, -0.15) is 5.10 Å². The standard InChI is InChI=1S/C9H14N2O3S/c12-9(8-5-10-11-6-8)7-1-3-15(13,14)4-2-7/h5-7,9,12H,1-4H2,(H,10,11). The van der Waals surface area contributed by atoms with Crippen LogP contribution in [0.3, 0.4) is 0 Å². The summed E-state index contributed by atoms with van der Waals surface area (Å²) < 4.78 is 22.4. The Morgan fingerprint density at radius 1 is 1.47 bits per heavy atom. The van der Waals surface area contributed by atoms with Crippen LogP contribution in [0.1, 0.15) is 24.5 Å². The van der Waals surface area contributed by atoms with Crippen molar-refractivity contribution in [1.29, 1.82) is 0 Å². The number of rotatable bonds is 2. The number of H-pyrrole nitrogens is 1. The summed E-state index contributed by atoms with van der Waals surface area (Å²) >= 11 is 0. The molecule has 1 atom stereocenters. The first-order valence-corrected chi connectivity index (χ1v) is 6.78. The molecule has 6 heteroatoms. The number of nitrogens with zero attached hydrogens (tertiary/aromatic N) is 1. The molecule has 0 radical (unpaired) electrons. The highest BCUT2D eigenvalue weighted by Crippen LogP contribution is 2.30. The zero-order valence-electron chi connectivity index (χ0n) is 8.26. The normalized spacial score (nSPS) is 23.8. The Labute approximate surface area is 88.4 Å². The van der Waals surface area contributed by atoms with E-state index in [1.807, 2.05) is 0 Å². The van der Waals surface area contributed by atoms with Gasteiger partial charge in [0.05, 0.1) is 23.8 Å². The lowest BCUT2D eigenvalue weighted by Crippen LogP contribution is -2.27. The number of nitrogens with one attached hydrogen (secondary N) is 1. The van der Waals surface area contributed by atoms with Gasteiger partial charge in [-0.15, -0.1) is 0 Å². The van der Waals surface area contributed by atoms with Gasteiger partial charge in [0.2, 0.25) is 0 Å². The molecule has 5 nitrogen and oxygen atoms in total. The van der Waals surface area contributed by atoms with Crippen molar-refractivity contribution in [2.45, 2.75) is 18.9 Å². The van der Waals surface area contributed by atoms with E-state index in [1.165, 1.54) is 0 Å². The molecule has 1 aromatic rings. The second-order valence-corrected chi connectivity index (χ2v) is 6.27. The molecule has 1 saturated heterocycles. The summed E-state index contributed by atoms with van der Waals surface area (Å²) in [7, 11) is -2.85. The fraction of sp³-hybridized carbons (Fsp3) is 0.667. The number of sulfone groups is 1. The molecule has 0 aromatic carbocycles. The molecule has 84 valence electrons. The third-order valence-corrected chi connectivity index (χ3v) is 4.62. The monoisotopic (exact) mass is 230 g/mol. The van der Waals surface area contributed by atoms with Gasteiger partial charge in [0.25, 0.3) is 0 Å². The lowest BCUT2D eigenvalue weighted by molar-refractivity contribution is 0.102. The van der Waals surface area contributed by atoms with E-state index in [9.17, 15) is 13.5 Å². The van der Waals surface area contributed by atoms with E-state index < -0.39 is 15.9 Å². The molecule has 0 amide bonds. The predicted molar refractivity (Wildman–Crippen MR) is 54.9 cm³/mol. The number of aromatic nitrogens is 2. The molecule has 2 N–H and O–H groups in total. The lowest BCUT2D eigenvalue weighted by Gasteiger charge is -2.25. The second kappa shape index (κ2) is 3.94. The van der Waals surface area contributed by atoms with Crippen LogP contribution >= 0.6 is 0 Å². The molecule has 0 saturated carbocycles. The van der Waals surface area contributed by atoms with Crippen LogP contribution in [0.2, 0.25) is 0 Å². The van der Waals surface area contributed by atoms with E-state index in [0.717, 1.165) is 5.56 Å². The highest BCUT2D eigenvalue weighted by atomic mass is 32.2. The topological polar surface area (TPSA) is 83.1 Å². The number of hydrogen-bond donors (Lipinski definition) is 2. The summed E-state index contributed by atoms with van der Waals surface area (Å²) in [6, 6.07) is 0. The molecule has 15 heavy (non-hydrogen) atoms. The molecule has 0 bridgehead atoms. The lowest BCUT2D eigenvalue weighted by atomic mass is 9.92. The van der Waals surface area contributed by atoms with E-state index in [4.69, 9.17) is 0 Å². The number of aromatic amines is 1. The van der Waals surface area contributed by atoms with Crippen LogP contribution in [0.15, 0.2) is 12.4 Å². The molecule has 1 unspecified atom stereocenters. The van der Waals surface area contributed by atoms with Gasteiger partial charge in [0, 0.05) is 11.8 Å². The van der Waals surface area contributed by atoms with Crippen molar-refractivity contribution >= 4 is 9.84 Å². The van der Waals surface area contributed by atoms with Gasteiger partial charge < -0.3 is 5.11 Å². The van der Waals surface area contributed by atoms with E-state index in [2.05, 4.69) is 10.2 Å². The van der Waals surface area contributed by atoms with Crippen LogP contribution in [0.25, 0.3) is 0 Å². The highest BCUT2D eigenvalue weighted by molar-refractivity contribution is 7.91. The fourth-order valence-electron chi connectivity index (χ4n) is 1.92. The quantitative estimate of drug-likeness (QED) is 0.763. The molecule has 1 aliphatic heterocycles. The minimum absolute atomic E-state index is 0.0334. The minimum Gasteiger partial charge on any atom is -0.388 e. The van der Waals surface area contributed by atoms with Crippen molar-refractivity contribution in [3.05, 3.63) is 18.0 Å². The molecule has 0 aliphatic carbocycles. The van der Waals surface area contributed by atoms with Crippen LogP contribution in [0.4, 0.5) is 0 Å². The molecule has 1 fully saturated rings.